The van der Waals surface area contributed by atoms with Crippen molar-refractivity contribution >= 4 is 0 Å². The van der Waals surface area contributed by atoms with Crippen molar-refractivity contribution in [2.75, 3.05) is 6.61 Å². The fourth-order valence-electron chi connectivity index (χ4n) is 0.760. The van der Waals surface area contributed by atoms with Crippen LogP contribution in [-0.2, 0) is 0 Å². The third-order valence-corrected chi connectivity index (χ3v) is 1.25. The zero-order valence-electron chi connectivity index (χ0n) is 6.21. The van der Waals surface area contributed by atoms with Gasteiger partial charge >= 0.3 is 0 Å². The lowest BCUT2D eigenvalue weighted by atomic mass is 10.1. The summed E-state index contributed by atoms with van der Waals surface area (Å²) in [6, 6.07) is 0. The fraction of sp³-hybridized carbons (Fsp3) is 0.556. The van der Waals surface area contributed by atoms with Crippen LogP contribution in [0.1, 0.15) is 25.7 Å². The molecule has 10 heavy (non-hydrogen) atoms. The van der Waals surface area contributed by atoms with Crippen LogP contribution in [0.4, 0.5) is 0 Å². The number of allylic oxidation sites excluding steroid dienone is 2. The Labute approximate surface area is 62.8 Å². The van der Waals surface area contributed by atoms with Gasteiger partial charge in [-0.15, -0.1) is 6.42 Å². The van der Waals surface area contributed by atoms with E-state index in [1.165, 1.54) is 25.7 Å². The topological polar surface area (TPSA) is 20.2 Å². The predicted octanol–water partition coefficient (Wildman–Crippen LogP) is 1.73. The maximum absolute atomic E-state index is 7.64. The molecule has 0 saturated carbocycles. The summed E-state index contributed by atoms with van der Waals surface area (Å²) < 4.78 is 0. The summed E-state index contributed by atoms with van der Waals surface area (Å²) in [5, 5.41) is 7.64. The lowest BCUT2D eigenvalue weighted by molar-refractivity contribution is 0.351. The number of rotatable bonds is 0. The fourth-order valence-corrected chi connectivity index (χ4v) is 0.760. The van der Waals surface area contributed by atoms with E-state index in [0.717, 1.165) is 0 Å². The maximum Gasteiger partial charge on any atom is 0.103 e. The minimum absolute atomic E-state index is 0.153. The molecule has 0 radical (unpaired) electrons. The molecule has 0 heterocycles. The van der Waals surface area contributed by atoms with Gasteiger partial charge in [-0.3, -0.25) is 0 Å². The van der Waals surface area contributed by atoms with Crippen LogP contribution in [0.5, 0.6) is 0 Å². The van der Waals surface area contributed by atoms with E-state index in [-0.39, 0.29) is 6.61 Å². The molecule has 1 aliphatic carbocycles. The molecular weight excluding hydrogens is 124 g/mol. The number of aliphatic hydroxyl groups excluding tert-OH is 1. The van der Waals surface area contributed by atoms with Crippen LogP contribution < -0.4 is 0 Å². The Balaban J connectivity index is 0.000000180. The Morgan fingerprint density at radius 3 is 1.80 bits per heavy atom. The number of hydrogen-bond donors (Lipinski definition) is 1. The van der Waals surface area contributed by atoms with Gasteiger partial charge in [0.15, 0.2) is 0 Å². The van der Waals surface area contributed by atoms with Gasteiger partial charge in [-0.25, -0.2) is 0 Å². The molecule has 1 rings (SSSR count). The predicted molar refractivity (Wildman–Crippen MR) is 43.5 cm³/mol. The van der Waals surface area contributed by atoms with Crippen molar-refractivity contribution in [2.45, 2.75) is 25.7 Å². The highest BCUT2D eigenvalue weighted by molar-refractivity contribution is 4.85. The van der Waals surface area contributed by atoms with Crippen molar-refractivity contribution in [3.05, 3.63) is 12.2 Å². The van der Waals surface area contributed by atoms with Crippen molar-refractivity contribution in [1.82, 2.24) is 0 Å². The van der Waals surface area contributed by atoms with Gasteiger partial charge in [0.25, 0.3) is 0 Å². The Morgan fingerprint density at radius 1 is 1.30 bits per heavy atom. The van der Waals surface area contributed by atoms with E-state index in [2.05, 4.69) is 18.6 Å². The van der Waals surface area contributed by atoms with Gasteiger partial charge in [-0.2, -0.15) is 0 Å². The van der Waals surface area contributed by atoms with Gasteiger partial charge in [-0.1, -0.05) is 18.1 Å². The summed E-state index contributed by atoms with van der Waals surface area (Å²) in [4.78, 5) is 0. The Bertz CT molecular complexity index is 111. The minimum Gasteiger partial charge on any atom is -0.384 e. The maximum atomic E-state index is 7.64. The minimum atomic E-state index is -0.153. The lowest BCUT2D eigenvalue weighted by Crippen LogP contribution is -1.77. The highest BCUT2D eigenvalue weighted by Crippen LogP contribution is 2.07. The molecule has 1 aliphatic rings. The second-order valence-corrected chi connectivity index (χ2v) is 2.12. The highest BCUT2D eigenvalue weighted by atomic mass is 16.2. The normalized spacial score (nSPS) is 14.8. The Hall–Kier alpha value is -0.740. The summed E-state index contributed by atoms with van der Waals surface area (Å²) in [6.07, 6.45) is 14.5. The first-order valence-electron chi connectivity index (χ1n) is 3.61. The molecule has 0 aromatic rings. The molecule has 0 saturated heterocycles. The van der Waals surface area contributed by atoms with Crippen LogP contribution in [0.15, 0.2) is 12.2 Å². The molecule has 0 unspecified atom stereocenters. The standard InChI is InChI=1S/C6H10.C3H4O/c1-2-4-6-5-3-1;1-2-3-4/h1-2H,3-6H2;1,4H,3H2. The van der Waals surface area contributed by atoms with Crippen LogP contribution in [-0.4, -0.2) is 11.7 Å². The second kappa shape index (κ2) is 8.26. The number of terminal acetylenes is 1. The number of aliphatic hydroxyl groups is 1. The molecule has 0 fully saturated rings. The highest BCUT2D eigenvalue weighted by Gasteiger charge is 1.87. The van der Waals surface area contributed by atoms with E-state index >= 15 is 0 Å². The van der Waals surface area contributed by atoms with Gasteiger partial charge < -0.3 is 5.11 Å². The first kappa shape index (κ1) is 9.26. The Kier molecular flexibility index (Phi) is 7.65. The molecule has 0 spiro atoms. The second-order valence-electron chi connectivity index (χ2n) is 2.12. The molecule has 0 aliphatic heterocycles. The molecule has 0 aromatic heterocycles. The summed E-state index contributed by atoms with van der Waals surface area (Å²) in [7, 11) is 0. The van der Waals surface area contributed by atoms with Crippen LogP contribution in [0.2, 0.25) is 0 Å². The van der Waals surface area contributed by atoms with Crippen molar-refractivity contribution in [1.29, 1.82) is 0 Å². The van der Waals surface area contributed by atoms with Crippen LogP contribution >= 0.6 is 0 Å². The van der Waals surface area contributed by atoms with Crippen molar-refractivity contribution in [2.24, 2.45) is 0 Å². The summed E-state index contributed by atoms with van der Waals surface area (Å²) in [5.41, 5.74) is 0. The van der Waals surface area contributed by atoms with Gasteiger partial charge in [0.05, 0.1) is 0 Å². The van der Waals surface area contributed by atoms with Crippen LogP contribution in [0.3, 0.4) is 0 Å². The van der Waals surface area contributed by atoms with Crippen molar-refractivity contribution < 1.29 is 5.11 Å². The van der Waals surface area contributed by atoms with E-state index in [4.69, 9.17) is 5.11 Å². The average Bonchev–Trinajstić information content (AvgIpc) is 2.08. The molecule has 0 amide bonds. The molecule has 1 heteroatoms. The molecule has 1 nitrogen and oxygen atoms in total. The van der Waals surface area contributed by atoms with E-state index in [1.807, 2.05) is 5.92 Å². The largest absolute Gasteiger partial charge is 0.384 e. The zero-order chi connectivity index (χ0) is 7.66. The molecular formula is C9H14O. The van der Waals surface area contributed by atoms with Crippen molar-refractivity contribution in [3.63, 3.8) is 0 Å². The molecule has 1 N–H and O–H groups in total. The quantitative estimate of drug-likeness (QED) is 0.399. The molecule has 56 valence electrons. The van der Waals surface area contributed by atoms with Crippen LogP contribution in [0.25, 0.3) is 0 Å². The molecule has 0 bridgehead atoms. The van der Waals surface area contributed by atoms with Gasteiger partial charge in [-0.05, 0) is 25.7 Å². The third kappa shape index (κ3) is 7.26. The van der Waals surface area contributed by atoms with E-state index in [1.54, 1.807) is 0 Å². The van der Waals surface area contributed by atoms with Crippen molar-refractivity contribution in [3.8, 4) is 12.3 Å². The summed E-state index contributed by atoms with van der Waals surface area (Å²) in [6.45, 7) is -0.153. The smallest absolute Gasteiger partial charge is 0.103 e. The van der Waals surface area contributed by atoms with Gasteiger partial charge in [0.2, 0.25) is 0 Å². The molecule has 0 aromatic carbocycles. The van der Waals surface area contributed by atoms with E-state index in [0.29, 0.717) is 0 Å². The third-order valence-electron chi connectivity index (χ3n) is 1.25. The zero-order valence-corrected chi connectivity index (χ0v) is 6.21. The molecule has 0 atom stereocenters. The van der Waals surface area contributed by atoms with Crippen LogP contribution in [0, 0.1) is 12.3 Å². The van der Waals surface area contributed by atoms with Gasteiger partial charge in [0, 0.05) is 0 Å². The Morgan fingerprint density at radius 2 is 1.70 bits per heavy atom. The van der Waals surface area contributed by atoms with E-state index < -0.39 is 0 Å². The number of hydrogen-bond acceptors (Lipinski definition) is 1. The monoisotopic (exact) mass is 138 g/mol. The van der Waals surface area contributed by atoms with Gasteiger partial charge in [0.1, 0.15) is 6.61 Å². The average molecular weight is 138 g/mol. The summed E-state index contributed by atoms with van der Waals surface area (Å²) >= 11 is 0. The first-order valence-corrected chi connectivity index (χ1v) is 3.61. The SMILES string of the molecule is C#CCO.C1=CCCCC1. The van der Waals surface area contributed by atoms with E-state index in [9.17, 15) is 0 Å². The first-order chi connectivity index (χ1) is 4.91. The summed E-state index contributed by atoms with van der Waals surface area (Å²) in [5.74, 6) is 1.99. The lowest BCUT2D eigenvalue weighted by Gasteiger charge is -1.97.